The van der Waals surface area contributed by atoms with Gasteiger partial charge in [-0.25, -0.2) is 0 Å². The summed E-state index contributed by atoms with van der Waals surface area (Å²) in [6, 6.07) is 25.7. The van der Waals surface area contributed by atoms with Gasteiger partial charge in [0.1, 0.15) is 18.1 Å². The number of hydrogen-bond acceptors (Lipinski definition) is 3. The van der Waals surface area contributed by atoms with E-state index in [4.69, 9.17) is 9.47 Å². The standard InChI is InChI=1S/C28H27NO3/c1-4-20-11-7-8-19(2)27(20)29-28(30)23-13-15-26(31-3)24(16-23)18-32-25-14-12-21-9-5-6-10-22(21)17-25/h5-17H,4,18H2,1-3H3,(H,29,30). The molecule has 0 bridgehead atoms. The van der Waals surface area contributed by atoms with Crippen LogP contribution in [0.4, 0.5) is 5.69 Å². The number of nitrogens with one attached hydrogen (secondary N) is 1. The Kier molecular flexibility index (Phi) is 6.41. The summed E-state index contributed by atoms with van der Waals surface area (Å²) in [4.78, 5) is 13.0. The van der Waals surface area contributed by atoms with Crippen molar-refractivity contribution in [3.05, 3.63) is 101 Å². The van der Waals surface area contributed by atoms with Crippen LogP contribution in [0.15, 0.2) is 78.9 Å². The lowest BCUT2D eigenvalue weighted by Gasteiger charge is -2.15. The summed E-state index contributed by atoms with van der Waals surface area (Å²) >= 11 is 0. The Bertz CT molecular complexity index is 1260. The molecule has 0 radical (unpaired) electrons. The summed E-state index contributed by atoms with van der Waals surface area (Å²) in [7, 11) is 1.62. The number of para-hydroxylation sites is 1. The van der Waals surface area contributed by atoms with E-state index in [0.717, 1.165) is 39.9 Å². The Morgan fingerprint density at radius 3 is 2.47 bits per heavy atom. The first-order chi connectivity index (χ1) is 15.6. The van der Waals surface area contributed by atoms with E-state index >= 15 is 0 Å². The van der Waals surface area contributed by atoms with Gasteiger partial charge in [0.25, 0.3) is 5.91 Å². The van der Waals surface area contributed by atoms with Crippen LogP contribution in [0.1, 0.15) is 34.0 Å². The maximum absolute atomic E-state index is 13.0. The van der Waals surface area contributed by atoms with Gasteiger partial charge in [0, 0.05) is 16.8 Å². The molecule has 0 saturated carbocycles. The summed E-state index contributed by atoms with van der Waals surface area (Å²) in [5, 5.41) is 5.37. The monoisotopic (exact) mass is 425 g/mol. The maximum atomic E-state index is 13.0. The lowest BCUT2D eigenvalue weighted by Crippen LogP contribution is -2.15. The Balaban J connectivity index is 1.55. The first kappa shape index (κ1) is 21.4. The molecule has 0 saturated heterocycles. The van der Waals surface area contributed by atoms with E-state index in [1.54, 1.807) is 13.2 Å². The number of rotatable bonds is 7. The third-order valence-corrected chi connectivity index (χ3v) is 5.64. The minimum absolute atomic E-state index is 0.149. The third kappa shape index (κ3) is 4.59. The van der Waals surface area contributed by atoms with E-state index < -0.39 is 0 Å². The second-order valence-corrected chi connectivity index (χ2v) is 7.74. The SMILES string of the molecule is CCc1cccc(C)c1NC(=O)c1ccc(OC)c(COc2ccc3ccccc3c2)c1. The van der Waals surface area contributed by atoms with Crippen LogP contribution in [-0.4, -0.2) is 13.0 Å². The number of methoxy groups -OCH3 is 1. The van der Waals surface area contributed by atoms with Crippen LogP contribution in [0.25, 0.3) is 10.8 Å². The minimum Gasteiger partial charge on any atom is -0.496 e. The van der Waals surface area contributed by atoms with Gasteiger partial charge in [0.2, 0.25) is 0 Å². The van der Waals surface area contributed by atoms with Crippen molar-refractivity contribution < 1.29 is 14.3 Å². The quantitative estimate of drug-likeness (QED) is 0.365. The zero-order chi connectivity index (χ0) is 22.5. The van der Waals surface area contributed by atoms with Crippen molar-refractivity contribution in [1.82, 2.24) is 0 Å². The predicted molar refractivity (Wildman–Crippen MR) is 130 cm³/mol. The maximum Gasteiger partial charge on any atom is 0.255 e. The molecule has 0 spiro atoms. The Labute approximate surface area is 188 Å². The van der Waals surface area contributed by atoms with Crippen molar-refractivity contribution >= 4 is 22.4 Å². The molecule has 1 amide bonds. The smallest absolute Gasteiger partial charge is 0.255 e. The topological polar surface area (TPSA) is 47.6 Å². The summed E-state index contributed by atoms with van der Waals surface area (Å²) in [5.74, 6) is 1.31. The van der Waals surface area contributed by atoms with Gasteiger partial charge in [0.05, 0.1) is 7.11 Å². The number of ether oxygens (including phenoxy) is 2. The molecule has 162 valence electrons. The van der Waals surface area contributed by atoms with Crippen LogP contribution in [0.3, 0.4) is 0 Å². The van der Waals surface area contributed by atoms with Crippen molar-refractivity contribution in [2.24, 2.45) is 0 Å². The molecule has 4 heteroatoms. The van der Waals surface area contributed by atoms with Gasteiger partial charge in [-0.05, 0) is 65.6 Å². The number of carbonyl (C=O) groups is 1. The van der Waals surface area contributed by atoms with E-state index in [2.05, 4.69) is 24.4 Å². The fourth-order valence-corrected chi connectivity index (χ4v) is 3.84. The van der Waals surface area contributed by atoms with E-state index in [9.17, 15) is 4.79 Å². The average molecular weight is 426 g/mol. The molecule has 4 nitrogen and oxygen atoms in total. The number of fused-ring (bicyclic) bond motifs is 1. The molecule has 0 unspecified atom stereocenters. The molecule has 4 aromatic carbocycles. The largest absolute Gasteiger partial charge is 0.496 e. The molecule has 1 N–H and O–H groups in total. The molecule has 4 aromatic rings. The van der Waals surface area contributed by atoms with Gasteiger partial charge in [-0.15, -0.1) is 0 Å². The zero-order valence-electron chi connectivity index (χ0n) is 18.6. The van der Waals surface area contributed by atoms with Crippen LogP contribution < -0.4 is 14.8 Å². The van der Waals surface area contributed by atoms with Crippen molar-refractivity contribution in [3.63, 3.8) is 0 Å². The Morgan fingerprint density at radius 1 is 0.875 bits per heavy atom. The predicted octanol–water partition coefficient (Wildman–Crippen LogP) is 6.55. The fourth-order valence-electron chi connectivity index (χ4n) is 3.84. The molecule has 0 atom stereocenters. The van der Waals surface area contributed by atoms with E-state index in [1.807, 2.05) is 67.6 Å². The van der Waals surface area contributed by atoms with Crippen LogP contribution in [0.2, 0.25) is 0 Å². The summed E-state index contributed by atoms with van der Waals surface area (Å²) < 4.78 is 11.5. The molecule has 0 aliphatic carbocycles. The first-order valence-electron chi connectivity index (χ1n) is 10.8. The third-order valence-electron chi connectivity index (χ3n) is 5.64. The number of hydrogen-bond donors (Lipinski definition) is 1. The zero-order valence-corrected chi connectivity index (χ0v) is 18.6. The van der Waals surface area contributed by atoms with Crippen molar-refractivity contribution in [3.8, 4) is 11.5 Å². The molecule has 0 aliphatic rings. The van der Waals surface area contributed by atoms with Crippen LogP contribution in [0, 0.1) is 6.92 Å². The highest BCUT2D eigenvalue weighted by molar-refractivity contribution is 6.05. The Hall–Kier alpha value is -3.79. The van der Waals surface area contributed by atoms with Gasteiger partial charge in [-0.3, -0.25) is 4.79 Å². The van der Waals surface area contributed by atoms with Crippen molar-refractivity contribution in [2.45, 2.75) is 26.9 Å². The second-order valence-electron chi connectivity index (χ2n) is 7.74. The van der Waals surface area contributed by atoms with Crippen LogP contribution in [-0.2, 0) is 13.0 Å². The summed E-state index contributed by atoms with van der Waals surface area (Å²) in [6.45, 7) is 4.39. The summed E-state index contributed by atoms with van der Waals surface area (Å²) in [6.07, 6.45) is 0.852. The number of benzene rings is 4. The van der Waals surface area contributed by atoms with E-state index in [1.165, 1.54) is 5.39 Å². The highest BCUT2D eigenvalue weighted by Crippen LogP contribution is 2.26. The average Bonchev–Trinajstić information content (AvgIpc) is 2.83. The summed E-state index contributed by atoms with van der Waals surface area (Å²) in [5.41, 5.74) is 4.42. The van der Waals surface area contributed by atoms with Gasteiger partial charge in [-0.1, -0.05) is 55.5 Å². The molecule has 0 aromatic heterocycles. The Morgan fingerprint density at radius 2 is 1.69 bits per heavy atom. The number of anilines is 1. The lowest BCUT2D eigenvalue weighted by atomic mass is 10.0. The van der Waals surface area contributed by atoms with Gasteiger partial charge >= 0.3 is 0 Å². The molecule has 0 fully saturated rings. The van der Waals surface area contributed by atoms with Gasteiger partial charge in [0.15, 0.2) is 0 Å². The highest BCUT2D eigenvalue weighted by Gasteiger charge is 2.14. The second kappa shape index (κ2) is 9.56. The van der Waals surface area contributed by atoms with Gasteiger partial charge in [-0.2, -0.15) is 0 Å². The van der Waals surface area contributed by atoms with E-state index in [0.29, 0.717) is 17.9 Å². The van der Waals surface area contributed by atoms with E-state index in [-0.39, 0.29) is 5.91 Å². The lowest BCUT2D eigenvalue weighted by molar-refractivity contribution is 0.102. The van der Waals surface area contributed by atoms with Crippen LogP contribution >= 0.6 is 0 Å². The number of amides is 1. The number of carbonyl (C=O) groups excluding carboxylic acids is 1. The molecular weight excluding hydrogens is 398 g/mol. The van der Waals surface area contributed by atoms with Crippen molar-refractivity contribution in [1.29, 1.82) is 0 Å². The first-order valence-corrected chi connectivity index (χ1v) is 10.8. The number of aryl methyl sites for hydroxylation is 2. The van der Waals surface area contributed by atoms with Crippen LogP contribution in [0.5, 0.6) is 11.5 Å². The molecule has 0 heterocycles. The molecule has 32 heavy (non-hydrogen) atoms. The molecule has 0 aliphatic heterocycles. The van der Waals surface area contributed by atoms with Gasteiger partial charge < -0.3 is 14.8 Å². The molecular formula is C28H27NO3. The fraction of sp³-hybridized carbons (Fsp3) is 0.179. The minimum atomic E-state index is -0.149. The normalized spacial score (nSPS) is 10.7. The highest BCUT2D eigenvalue weighted by atomic mass is 16.5. The van der Waals surface area contributed by atoms with Crippen molar-refractivity contribution in [2.75, 3.05) is 12.4 Å². The molecule has 4 rings (SSSR count).